The molecular weight excluding hydrogens is 522 g/mol. The number of alkyl halides is 3. The zero-order chi connectivity index (χ0) is 26.2. The number of hydrogen-bond donors (Lipinski definition) is 0. The maximum absolute atomic E-state index is 13.5. The van der Waals surface area contributed by atoms with E-state index >= 15 is 0 Å². The van der Waals surface area contributed by atoms with Gasteiger partial charge in [0.25, 0.3) is 5.91 Å². The third-order valence-electron chi connectivity index (χ3n) is 6.51. The Bertz CT molecular complexity index is 1430. The molecule has 9 heteroatoms. The molecule has 5 rings (SSSR count). The number of aromatic nitrogens is 2. The molecule has 1 saturated heterocycles. The molecule has 4 nitrogen and oxygen atoms in total. The van der Waals surface area contributed by atoms with Gasteiger partial charge in [-0.25, -0.2) is 4.68 Å². The molecule has 1 aromatic heterocycles. The number of carbonyl (C=O) groups excluding carboxylic acids is 1. The molecule has 0 aliphatic carbocycles. The van der Waals surface area contributed by atoms with E-state index in [1.807, 2.05) is 29.2 Å². The lowest BCUT2D eigenvalue weighted by Crippen LogP contribution is -2.36. The van der Waals surface area contributed by atoms with Crippen LogP contribution in [0, 0.1) is 0 Å². The molecule has 1 aliphatic rings. The Labute approximate surface area is 222 Å². The normalized spacial score (nSPS) is 15.8. The summed E-state index contributed by atoms with van der Waals surface area (Å²) >= 11 is 12.4. The second kappa shape index (κ2) is 10.2. The number of hydrogen-bond acceptors (Lipinski definition) is 2. The Morgan fingerprint density at radius 2 is 1.73 bits per heavy atom. The summed E-state index contributed by atoms with van der Waals surface area (Å²) in [6.45, 7) is 0.653. The van der Waals surface area contributed by atoms with Crippen molar-refractivity contribution in [1.82, 2.24) is 14.7 Å². The zero-order valence-corrected chi connectivity index (χ0v) is 21.1. The van der Waals surface area contributed by atoms with E-state index in [9.17, 15) is 18.0 Å². The quantitative estimate of drug-likeness (QED) is 0.258. The number of para-hydroxylation sites is 1. The highest BCUT2D eigenvalue weighted by Crippen LogP contribution is 2.35. The second-order valence-corrected chi connectivity index (χ2v) is 9.83. The monoisotopic (exact) mass is 543 g/mol. The number of likely N-dealkylation sites (tertiary alicyclic amines) is 1. The SMILES string of the molecule is O=C(c1ccc(-c2cc(C(F)(F)F)nn2-c2ccccc2Cl)cc1)N1CCCC1Cc1cccc(Cl)c1. The van der Waals surface area contributed by atoms with Gasteiger partial charge in [0, 0.05) is 28.7 Å². The Morgan fingerprint density at radius 1 is 0.973 bits per heavy atom. The van der Waals surface area contributed by atoms with Crippen molar-refractivity contribution in [1.29, 1.82) is 0 Å². The van der Waals surface area contributed by atoms with Gasteiger partial charge in [-0.05, 0) is 67.3 Å². The molecule has 0 spiro atoms. The predicted octanol–water partition coefficient (Wildman–Crippen LogP) is 7.71. The molecule has 190 valence electrons. The molecule has 0 saturated carbocycles. The fourth-order valence-electron chi connectivity index (χ4n) is 4.73. The van der Waals surface area contributed by atoms with Crippen molar-refractivity contribution in [3.05, 3.63) is 106 Å². The smallest absolute Gasteiger partial charge is 0.335 e. The van der Waals surface area contributed by atoms with Crippen LogP contribution in [0.1, 0.15) is 34.5 Å². The van der Waals surface area contributed by atoms with E-state index in [2.05, 4.69) is 5.10 Å². The molecule has 1 amide bonds. The summed E-state index contributed by atoms with van der Waals surface area (Å²) in [6, 6.07) is 21.8. The van der Waals surface area contributed by atoms with E-state index in [0.29, 0.717) is 34.8 Å². The van der Waals surface area contributed by atoms with Crippen LogP contribution in [-0.4, -0.2) is 33.2 Å². The summed E-state index contributed by atoms with van der Waals surface area (Å²) in [5.74, 6) is -0.105. The summed E-state index contributed by atoms with van der Waals surface area (Å²) in [4.78, 5) is 15.2. The molecule has 0 radical (unpaired) electrons. The van der Waals surface area contributed by atoms with E-state index in [0.717, 1.165) is 24.5 Å². The van der Waals surface area contributed by atoms with E-state index in [-0.39, 0.29) is 22.7 Å². The minimum Gasteiger partial charge on any atom is -0.335 e. The molecule has 0 bridgehead atoms. The summed E-state index contributed by atoms with van der Waals surface area (Å²) in [5, 5.41) is 4.72. The largest absolute Gasteiger partial charge is 0.435 e. The average Bonchev–Trinajstić information content (AvgIpc) is 3.52. The molecule has 1 aliphatic heterocycles. The first-order chi connectivity index (χ1) is 17.7. The van der Waals surface area contributed by atoms with Crippen LogP contribution in [0.3, 0.4) is 0 Å². The molecule has 37 heavy (non-hydrogen) atoms. The van der Waals surface area contributed by atoms with E-state index in [1.54, 1.807) is 48.5 Å². The Morgan fingerprint density at radius 3 is 2.43 bits per heavy atom. The maximum atomic E-state index is 13.5. The van der Waals surface area contributed by atoms with Crippen molar-refractivity contribution in [2.75, 3.05) is 6.54 Å². The van der Waals surface area contributed by atoms with Gasteiger partial charge in [-0.1, -0.05) is 59.6 Å². The summed E-state index contributed by atoms with van der Waals surface area (Å²) in [5.41, 5.74) is 1.55. The van der Waals surface area contributed by atoms with Crippen LogP contribution in [-0.2, 0) is 12.6 Å². The molecule has 4 aromatic rings. The lowest BCUT2D eigenvalue weighted by molar-refractivity contribution is -0.141. The first kappa shape index (κ1) is 25.4. The van der Waals surface area contributed by atoms with Gasteiger partial charge in [0.1, 0.15) is 0 Å². The van der Waals surface area contributed by atoms with Gasteiger partial charge in [0.05, 0.1) is 16.4 Å². The van der Waals surface area contributed by atoms with Gasteiger partial charge < -0.3 is 4.90 Å². The van der Waals surface area contributed by atoms with Gasteiger partial charge >= 0.3 is 6.18 Å². The second-order valence-electron chi connectivity index (χ2n) is 8.98. The van der Waals surface area contributed by atoms with Crippen molar-refractivity contribution in [3.63, 3.8) is 0 Å². The Hall–Kier alpha value is -3.29. The molecule has 1 fully saturated rings. The summed E-state index contributed by atoms with van der Waals surface area (Å²) in [6.07, 6.45) is -2.10. The fourth-order valence-corrected chi connectivity index (χ4v) is 5.16. The van der Waals surface area contributed by atoms with Gasteiger partial charge in [0.15, 0.2) is 5.69 Å². The summed E-state index contributed by atoms with van der Waals surface area (Å²) < 4.78 is 41.7. The predicted molar refractivity (Wildman–Crippen MR) is 138 cm³/mol. The first-order valence-electron chi connectivity index (χ1n) is 11.8. The minimum absolute atomic E-state index is 0.0571. The minimum atomic E-state index is -4.62. The van der Waals surface area contributed by atoms with Gasteiger partial charge in [0.2, 0.25) is 0 Å². The number of rotatable bonds is 5. The van der Waals surface area contributed by atoms with E-state index in [4.69, 9.17) is 23.2 Å². The molecular formula is C28H22Cl2F3N3O. The van der Waals surface area contributed by atoms with Crippen LogP contribution in [0.4, 0.5) is 13.2 Å². The average molecular weight is 544 g/mol. The van der Waals surface area contributed by atoms with Gasteiger partial charge in [-0.2, -0.15) is 18.3 Å². The van der Waals surface area contributed by atoms with E-state index < -0.39 is 11.9 Å². The maximum Gasteiger partial charge on any atom is 0.435 e. The van der Waals surface area contributed by atoms with Gasteiger partial charge in [-0.3, -0.25) is 4.79 Å². The molecule has 2 heterocycles. The lowest BCUT2D eigenvalue weighted by Gasteiger charge is -2.25. The summed E-state index contributed by atoms with van der Waals surface area (Å²) in [7, 11) is 0. The van der Waals surface area contributed by atoms with Crippen molar-refractivity contribution in [3.8, 4) is 16.9 Å². The fraction of sp³-hybridized carbons (Fsp3) is 0.214. The lowest BCUT2D eigenvalue weighted by atomic mass is 10.0. The van der Waals surface area contributed by atoms with Crippen LogP contribution in [0.15, 0.2) is 78.9 Å². The van der Waals surface area contributed by atoms with E-state index in [1.165, 1.54) is 4.68 Å². The van der Waals surface area contributed by atoms with Crippen LogP contribution < -0.4 is 0 Å². The van der Waals surface area contributed by atoms with Crippen LogP contribution >= 0.6 is 23.2 Å². The number of halogens is 5. The van der Waals surface area contributed by atoms with Crippen molar-refractivity contribution in [2.24, 2.45) is 0 Å². The van der Waals surface area contributed by atoms with Crippen molar-refractivity contribution >= 4 is 29.1 Å². The molecule has 3 aromatic carbocycles. The molecule has 0 N–H and O–H groups in total. The Kier molecular flexibility index (Phi) is 7.01. The third kappa shape index (κ3) is 5.38. The standard InChI is InChI=1S/C28H22Cl2F3N3O/c29-21-6-3-5-18(15-21)16-22-7-4-14-35(22)27(37)20-12-10-19(11-13-20)25-17-26(28(31,32)33)34-36(25)24-9-2-1-8-23(24)30/h1-3,5-6,8-13,15,17,22H,4,7,14,16H2. The number of carbonyl (C=O) groups is 1. The highest BCUT2D eigenvalue weighted by atomic mass is 35.5. The first-order valence-corrected chi connectivity index (χ1v) is 12.5. The molecule has 1 atom stereocenters. The Balaban J connectivity index is 1.42. The third-order valence-corrected chi connectivity index (χ3v) is 7.06. The van der Waals surface area contributed by atoms with Crippen LogP contribution in [0.25, 0.3) is 16.9 Å². The number of benzene rings is 3. The zero-order valence-electron chi connectivity index (χ0n) is 19.6. The highest BCUT2D eigenvalue weighted by molar-refractivity contribution is 6.32. The topological polar surface area (TPSA) is 38.1 Å². The number of amides is 1. The molecule has 1 unspecified atom stereocenters. The van der Waals surface area contributed by atoms with Crippen LogP contribution in [0.2, 0.25) is 10.0 Å². The van der Waals surface area contributed by atoms with Gasteiger partial charge in [-0.15, -0.1) is 0 Å². The van der Waals surface area contributed by atoms with Crippen molar-refractivity contribution in [2.45, 2.75) is 31.5 Å². The van der Waals surface area contributed by atoms with Crippen LogP contribution in [0.5, 0.6) is 0 Å². The highest BCUT2D eigenvalue weighted by Gasteiger charge is 2.35. The van der Waals surface area contributed by atoms with Crippen molar-refractivity contribution < 1.29 is 18.0 Å². The number of nitrogens with zero attached hydrogens (tertiary/aromatic N) is 3.